The van der Waals surface area contributed by atoms with Crippen molar-refractivity contribution in [3.8, 4) is 0 Å². The number of rotatable bonds is 3. The highest BCUT2D eigenvalue weighted by molar-refractivity contribution is 5.81. The number of para-hydroxylation sites is 1. The van der Waals surface area contributed by atoms with Crippen LogP contribution in [0.25, 0.3) is 10.9 Å². The van der Waals surface area contributed by atoms with Crippen LogP contribution in [0.5, 0.6) is 0 Å². The summed E-state index contributed by atoms with van der Waals surface area (Å²) < 4.78 is 1.81. The first-order chi connectivity index (χ1) is 9.24. The zero-order valence-corrected chi connectivity index (χ0v) is 10.7. The van der Waals surface area contributed by atoms with Crippen molar-refractivity contribution in [2.24, 2.45) is 5.73 Å². The van der Waals surface area contributed by atoms with Crippen LogP contribution < -0.4 is 5.73 Å². The summed E-state index contributed by atoms with van der Waals surface area (Å²) in [5.41, 5.74) is 7.93. The lowest BCUT2D eigenvalue weighted by Crippen LogP contribution is -2.08. The first kappa shape index (κ1) is 11.8. The summed E-state index contributed by atoms with van der Waals surface area (Å²) in [6.45, 7) is 2.55. The summed E-state index contributed by atoms with van der Waals surface area (Å²) in [6.07, 6.45) is 3.54. The summed E-state index contributed by atoms with van der Waals surface area (Å²) in [6, 6.07) is 9.95. The summed E-state index contributed by atoms with van der Waals surface area (Å²) in [4.78, 5) is 8.55. The van der Waals surface area contributed by atoms with Gasteiger partial charge in [-0.1, -0.05) is 18.2 Å². The first-order valence-corrected chi connectivity index (χ1v) is 6.21. The van der Waals surface area contributed by atoms with Crippen LogP contribution in [0.2, 0.25) is 0 Å². The number of nitrogens with two attached hydrogens (primary N) is 1. The molecular weight excluding hydrogens is 238 g/mol. The SMILES string of the molecule is CC(N)c1ncn(Cc2ccnc3ccccc23)n1. The lowest BCUT2D eigenvalue weighted by atomic mass is 10.1. The molecule has 0 bridgehead atoms. The average Bonchev–Trinajstić information content (AvgIpc) is 2.88. The Morgan fingerprint density at radius 2 is 2.05 bits per heavy atom. The van der Waals surface area contributed by atoms with Crippen molar-refractivity contribution in [1.82, 2.24) is 19.7 Å². The van der Waals surface area contributed by atoms with E-state index in [1.807, 2.05) is 37.4 Å². The van der Waals surface area contributed by atoms with Gasteiger partial charge in [-0.15, -0.1) is 0 Å². The third-order valence-electron chi connectivity index (χ3n) is 3.03. The third-order valence-corrected chi connectivity index (χ3v) is 3.03. The van der Waals surface area contributed by atoms with Gasteiger partial charge in [-0.2, -0.15) is 5.10 Å². The Bertz CT molecular complexity index is 696. The fraction of sp³-hybridized carbons (Fsp3) is 0.214. The molecule has 0 aliphatic rings. The number of aromatic nitrogens is 4. The monoisotopic (exact) mass is 253 g/mol. The van der Waals surface area contributed by atoms with Crippen LogP contribution in [0.1, 0.15) is 24.4 Å². The molecule has 1 atom stereocenters. The first-order valence-electron chi connectivity index (χ1n) is 6.21. The van der Waals surface area contributed by atoms with Gasteiger partial charge >= 0.3 is 0 Å². The van der Waals surface area contributed by atoms with Crippen molar-refractivity contribution in [2.45, 2.75) is 19.5 Å². The minimum absolute atomic E-state index is 0.143. The van der Waals surface area contributed by atoms with Crippen LogP contribution >= 0.6 is 0 Å². The van der Waals surface area contributed by atoms with Gasteiger partial charge in [0.1, 0.15) is 6.33 Å². The predicted octanol–water partition coefficient (Wildman–Crippen LogP) is 1.89. The quantitative estimate of drug-likeness (QED) is 0.774. The highest BCUT2D eigenvalue weighted by Gasteiger charge is 2.07. The molecule has 0 saturated heterocycles. The predicted molar refractivity (Wildman–Crippen MR) is 73.5 cm³/mol. The lowest BCUT2D eigenvalue weighted by molar-refractivity contribution is 0.651. The molecule has 5 nitrogen and oxygen atoms in total. The smallest absolute Gasteiger partial charge is 0.166 e. The van der Waals surface area contributed by atoms with Crippen LogP contribution in [0.15, 0.2) is 42.9 Å². The fourth-order valence-electron chi connectivity index (χ4n) is 2.06. The van der Waals surface area contributed by atoms with Gasteiger partial charge in [-0.3, -0.25) is 4.98 Å². The minimum Gasteiger partial charge on any atom is -0.321 e. The molecule has 0 fully saturated rings. The maximum absolute atomic E-state index is 5.76. The highest BCUT2D eigenvalue weighted by Crippen LogP contribution is 2.17. The molecule has 0 radical (unpaired) electrons. The van der Waals surface area contributed by atoms with Crippen LogP contribution in [0, 0.1) is 0 Å². The number of nitrogens with zero attached hydrogens (tertiary/aromatic N) is 4. The van der Waals surface area contributed by atoms with Crippen molar-refractivity contribution in [2.75, 3.05) is 0 Å². The van der Waals surface area contributed by atoms with E-state index in [1.165, 1.54) is 5.56 Å². The molecule has 1 unspecified atom stereocenters. The van der Waals surface area contributed by atoms with E-state index in [0.29, 0.717) is 12.4 Å². The Morgan fingerprint density at radius 1 is 1.21 bits per heavy atom. The number of hydrogen-bond donors (Lipinski definition) is 1. The highest BCUT2D eigenvalue weighted by atomic mass is 15.3. The van der Waals surface area contributed by atoms with Crippen LogP contribution in [0.4, 0.5) is 0 Å². The summed E-state index contributed by atoms with van der Waals surface area (Å²) >= 11 is 0. The van der Waals surface area contributed by atoms with E-state index in [0.717, 1.165) is 10.9 Å². The van der Waals surface area contributed by atoms with Gasteiger partial charge in [-0.05, 0) is 24.6 Å². The summed E-state index contributed by atoms with van der Waals surface area (Å²) in [5.74, 6) is 0.665. The van der Waals surface area contributed by atoms with Gasteiger partial charge in [0, 0.05) is 11.6 Å². The molecule has 5 heteroatoms. The van der Waals surface area contributed by atoms with Crippen LogP contribution in [-0.4, -0.2) is 19.7 Å². The van der Waals surface area contributed by atoms with Gasteiger partial charge in [0.15, 0.2) is 5.82 Å². The van der Waals surface area contributed by atoms with Crippen molar-refractivity contribution >= 4 is 10.9 Å². The van der Waals surface area contributed by atoms with Crippen molar-refractivity contribution in [3.63, 3.8) is 0 Å². The Morgan fingerprint density at radius 3 is 2.84 bits per heavy atom. The topological polar surface area (TPSA) is 69.6 Å². The van der Waals surface area contributed by atoms with Gasteiger partial charge in [0.05, 0.1) is 18.1 Å². The number of pyridine rings is 1. The summed E-state index contributed by atoms with van der Waals surface area (Å²) in [5, 5.41) is 5.51. The Balaban J connectivity index is 1.96. The number of benzene rings is 1. The van der Waals surface area contributed by atoms with Crippen molar-refractivity contribution in [3.05, 3.63) is 54.2 Å². The van der Waals surface area contributed by atoms with E-state index < -0.39 is 0 Å². The molecule has 2 N–H and O–H groups in total. The van der Waals surface area contributed by atoms with Gasteiger partial charge in [0.2, 0.25) is 0 Å². The summed E-state index contributed by atoms with van der Waals surface area (Å²) in [7, 11) is 0. The van der Waals surface area contributed by atoms with Gasteiger partial charge < -0.3 is 5.73 Å². The molecule has 0 amide bonds. The average molecular weight is 253 g/mol. The van der Waals surface area contributed by atoms with Gasteiger partial charge in [0.25, 0.3) is 0 Å². The molecule has 0 aliphatic carbocycles. The molecule has 2 aromatic heterocycles. The normalized spacial score (nSPS) is 12.7. The van der Waals surface area contributed by atoms with Crippen molar-refractivity contribution < 1.29 is 0 Å². The number of hydrogen-bond acceptors (Lipinski definition) is 4. The molecule has 0 saturated carbocycles. The Kier molecular flexibility index (Phi) is 2.97. The van der Waals surface area contributed by atoms with Crippen LogP contribution in [-0.2, 0) is 6.54 Å². The van der Waals surface area contributed by atoms with E-state index >= 15 is 0 Å². The molecule has 2 heterocycles. The standard InChI is InChI=1S/C14H15N5/c1-10(15)14-17-9-19(18-14)8-11-6-7-16-13-5-3-2-4-12(11)13/h2-7,9-10H,8,15H2,1H3. The lowest BCUT2D eigenvalue weighted by Gasteiger charge is -2.05. The molecule has 3 rings (SSSR count). The maximum atomic E-state index is 5.76. The molecule has 19 heavy (non-hydrogen) atoms. The third kappa shape index (κ3) is 2.32. The van der Waals surface area contributed by atoms with Crippen LogP contribution in [0.3, 0.4) is 0 Å². The van der Waals surface area contributed by atoms with E-state index in [9.17, 15) is 0 Å². The maximum Gasteiger partial charge on any atom is 0.166 e. The Labute approximate surface area is 111 Å². The Hall–Kier alpha value is -2.27. The van der Waals surface area contributed by atoms with E-state index in [-0.39, 0.29) is 6.04 Å². The fourth-order valence-corrected chi connectivity index (χ4v) is 2.06. The van der Waals surface area contributed by atoms with Crippen molar-refractivity contribution in [1.29, 1.82) is 0 Å². The van der Waals surface area contributed by atoms with E-state index in [4.69, 9.17) is 5.73 Å². The molecule has 0 spiro atoms. The minimum atomic E-state index is -0.143. The molecule has 0 aliphatic heterocycles. The molecule has 1 aromatic carbocycles. The van der Waals surface area contributed by atoms with E-state index in [1.54, 1.807) is 11.0 Å². The number of fused-ring (bicyclic) bond motifs is 1. The second kappa shape index (κ2) is 4.78. The molecular formula is C14H15N5. The van der Waals surface area contributed by atoms with Gasteiger partial charge in [-0.25, -0.2) is 9.67 Å². The molecule has 3 aromatic rings. The second-order valence-corrected chi connectivity index (χ2v) is 4.58. The molecule has 96 valence electrons. The largest absolute Gasteiger partial charge is 0.321 e. The van der Waals surface area contributed by atoms with E-state index in [2.05, 4.69) is 21.1 Å². The zero-order chi connectivity index (χ0) is 13.2. The zero-order valence-electron chi connectivity index (χ0n) is 10.7. The second-order valence-electron chi connectivity index (χ2n) is 4.58.